The Morgan fingerprint density at radius 2 is 2.11 bits per heavy atom. The highest BCUT2D eigenvalue weighted by molar-refractivity contribution is 5.59. The maximum Gasteiger partial charge on any atom is 0.272 e. The molecule has 0 aliphatic carbocycles. The van der Waals surface area contributed by atoms with Gasteiger partial charge in [0.15, 0.2) is 0 Å². The second-order valence-corrected chi connectivity index (χ2v) is 7.34. The molecular formula is C20H26N6O. The van der Waals surface area contributed by atoms with Crippen molar-refractivity contribution < 1.29 is 0 Å². The van der Waals surface area contributed by atoms with Crippen molar-refractivity contribution >= 4 is 17.0 Å². The Hall–Kier alpha value is -2.80. The lowest BCUT2D eigenvalue weighted by Crippen LogP contribution is -2.33. The van der Waals surface area contributed by atoms with Crippen LogP contribution in [0.15, 0.2) is 47.8 Å². The second kappa shape index (κ2) is 7.84. The summed E-state index contributed by atoms with van der Waals surface area (Å²) in [6, 6.07) is 5.97. The lowest BCUT2D eigenvalue weighted by atomic mass is 9.97. The Bertz CT molecular complexity index is 937. The predicted octanol–water partition coefficient (Wildman–Crippen LogP) is 2.39. The van der Waals surface area contributed by atoms with Crippen molar-refractivity contribution in [1.82, 2.24) is 19.3 Å². The van der Waals surface area contributed by atoms with Crippen LogP contribution in [0.4, 0.5) is 11.5 Å². The van der Waals surface area contributed by atoms with Crippen LogP contribution in [0.25, 0.3) is 5.52 Å². The van der Waals surface area contributed by atoms with Crippen LogP contribution in [-0.2, 0) is 6.54 Å². The average molecular weight is 366 g/mol. The zero-order chi connectivity index (χ0) is 18.6. The van der Waals surface area contributed by atoms with E-state index in [4.69, 9.17) is 0 Å². The molecule has 1 aliphatic rings. The van der Waals surface area contributed by atoms with E-state index < -0.39 is 0 Å². The molecule has 0 amide bonds. The third kappa shape index (κ3) is 4.31. The molecule has 3 aromatic heterocycles. The number of rotatable bonds is 6. The van der Waals surface area contributed by atoms with Crippen LogP contribution in [0.5, 0.6) is 0 Å². The van der Waals surface area contributed by atoms with E-state index in [1.807, 2.05) is 35.1 Å². The first-order valence-electron chi connectivity index (χ1n) is 9.48. The molecule has 27 heavy (non-hydrogen) atoms. The third-order valence-electron chi connectivity index (χ3n) is 5.26. The van der Waals surface area contributed by atoms with Crippen molar-refractivity contribution in [1.29, 1.82) is 0 Å². The summed E-state index contributed by atoms with van der Waals surface area (Å²) >= 11 is 0. The average Bonchev–Trinajstić information content (AvgIpc) is 3.11. The quantitative estimate of drug-likeness (QED) is 0.624. The van der Waals surface area contributed by atoms with Crippen LogP contribution < -0.4 is 16.2 Å². The zero-order valence-corrected chi connectivity index (χ0v) is 15.6. The molecule has 0 atom stereocenters. The molecule has 142 valence electrons. The highest BCUT2D eigenvalue weighted by atomic mass is 16.1. The number of aromatic nitrogens is 3. The van der Waals surface area contributed by atoms with Gasteiger partial charge in [0, 0.05) is 37.9 Å². The van der Waals surface area contributed by atoms with Gasteiger partial charge in [-0.15, -0.1) is 0 Å². The maximum atomic E-state index is 11.8. The summed E-state index contributed by atoms with van der Waals surface area (Å²) in [6.45, 7) is 4.03. The van der Waals surface area contributed by atoms with Gasteiger partial charge < -0.3 is 24.9 Å². The molecule has 7 heteroatoms. The van der Waals surface area contributed by atoms with Crippen LogP contribution in [-0.4, -0.2) is 46.0 Å². The first-order chi connectivity index (χ1) is 13.2. The number of piperidine rings is 1. The van der Waals surface area contributed by atoms with Gasteiger partial charge >= 0.3 is 0 Å². The molecule has 4 rings (SSSR count). The summed E-state index contributed by atoms with van der Waals surface area (Å²) in [4.78, 5) is 21.4. The van der Waals surface area contributed by atoms with Gasteiger partial charge in [0.2, 0.25) is 0 Å². The van der Waals surface area contributed by atoms with Gasteiger partial charge in [-0.2, -0.15) is 0 Å². The van der Waals surface area contributed by atoms with E-state index in [2.05, 4.69) is 38.6 Å². The minimum Gasteiger partial charge on any atom is -0.380 e. The number of nitrogens with one attached hydrogen (secondary N) is 3. The molecule has 0 bridgehead atoms. The highest BCUT2D eigenvalue weighted by Gasteiger charge is 2.16. The first kappa shape index (κ1) is 17.6. The molecule has 0 saturated carbocycles. The van der Waals surface area contributed by atoms with E-state index in [1.54, 1.807) is 6.20 Å². The SMILES string of the molecule is CN1CCC(CNc2ccc(CNc3cc4c(=O)[nH]ccn4c3)cn2)CC1. The van der Waals surface area contributed by atoms with E-state index >= 15 is 0 Å². The normalized spacial score (nSPS) is 15.9. The van der Waals surface area contributed by atoms with Gasteiger partial charge in [-0.1, -0.05) is 6.07 Å². The molecule has 7 nitrogen and oxygen atoms in total. The summed E-state index contributed by atoms with van der Waals surface area (Å²) in [5.74, 6) is 1.66. The number of anilines is 2. The highest BCUT2D eigenvalue weighted by Crippen LogP contribution is 2.17. The molecule has 3 aromatic rings. The fourth-order valence-electron chi connectivity index (χ4n) is 3.50. The summed E-state index contributed by atoms with van der Waals surface area (Å²) in [5.41, 5.74) is 2.55. The van der Waals surface area contributed by atoms with Crippen molar-refractivity contribution in [3.63, 3.8) is 0 Å². The second-order valence-electron chi connectivity index (χ2n) is 7.34. The lowest BCUT2D eigenvalue weighted by molar-refractivity contribution is 0.226. The monoisotopic (exact) mass is 366 g/mol. The van der Waals surface area contributed by atoms with Crippen molar-refractivity contribution in [2.75, 3.05) is 37.3 Å². The van der Waals surface area contributed by atoms with Crippen molar-refractivity contribution in [2.45, 2.75) is 19.4 Å². The molecule has 0 spiro atoms. The Morgan fingerprint density at radius 1 is 1.26 bits per heavy atom. The fourth-order valence-corrected chi connectivity index (χ4v) is 3.50. The topological polar surface area (TPSA) is 77.5 Å². The van der Waals surface area contributed by atoms with E-state index in [1.165, 1.54) is 25.9 Å². The molecule has 0 radical (unpaired) electrons. The van der Waals surface area contributed by atoms with Crippen molar-refractivity contribution in [3.05, 3.63) is 58.9 Å². The summed E-state index contributed by atoms with van der Waals surface area (Å²) in [5, 5.41) is 6.81. The standard InChI is InChI=1S/C20H26N6O/c1-25-7-4-15(5-8-25)11-23-19-3-2-16(13-24-19)12-22-17-10-18-20(27)21-6-9-26(18)14-17/h2-3,6,9-10,13-15,22H,4-5,7-8,11-12H2,1H3,(H,21,27)(H,23,24). The van der Waals surface area contributed by atoms with Crippen molar-refractivity contribution in [3.8, 4) is 0 Å². The Balaban J connectivity index is 1.29. The smallest absolute Gasteiger partial charge is 0.272 e. The fraction of sp³-hybridized carbons (Fsp3) is 0.400. The van der Waals surface area contributed by atoms with Gasteiger partial charge in [0.1, 0.15) is 11.3 Å². The number of hydrogen-bond acceptors (Lipinski definition) is 5. The molecule has 3 N–H and O–H groups in total. The number of aromatic amines is 1. The third-order valence-corrected chi connectivity index (χ3v) is 5.26. The van der Waals surface area contributed by atoms with E-state index in [0.717, 1.165) is 29.5 Å². The van der Waals surface area contributed by atoms with Crippen molar-refractivity contribution in [2.24, 2.45) is 5.92 Å². The number of pyridine rings is 1. The van der Waals surface area contributed by atoms with Crippen LogP contribution in [0.3, 0.4) is 0 Å². The number of nitrogens with zero attached hydrogens (tertiary/aromatic N) is 3. The summed E-state index contributed by atoms with van der Waals surface area (Å²) < 4.78 is 1.81. The molecule has 4 heterocycles. The largest absolute Gasteiger partial charge is 0.380 e. The van der Waals surface area contributed by atoms with Gasteiger partial charge in [0.25, 0.3) is 5.56 Å². The number of likely N-dealkylation sites (tertiary alicyclic amines) is 1. The van der Waals surface area contributed by atoms with E-state index in [-0.39, 0.29) is 5.56 Å². The maximum absolute atomic E-state index is 11.8. The molecule has 0 unspecified atom stereocenters. The summed E-state index contributed by atoms with van der Waals surface area (Å²) in [6.07, 6.45) is 9.78. The molecule has 1 saturated heterocycles. The Labute approximate surface area is 158 Å². The zero-order valence-electron chi connectivity index (χ0n) is 15.6. The van der Waals surface area contributed by atoms with E-state index in [9.17, 15) is 4.79 Å². The van der Waals surface area contributed by atoms with Gasteiger partial charge in [-0.3, -0.25) is 4.79 Å². The van der Waals surface area contributed by atoms with E-state index in [0.29, 0.717) is 12.1 Å². The molecule has 1 aliphatic heterocycles. The lowest BCUT2D eigenvalue weighted by Gasteiger charge is -2.29. The van der Waals surface area contributed by atoms with Crippen LogP contribution in [0.1, 0.15) is 18.4 Å². The number of fused-ring (bicyclic) bond motifs is 1. The first-order valence-corrected chi connectivity index (χ1v) is 9.48. The number of H-pyrrole nitrogens is 1. The minimum atomic E-state index is -0.0905. The summed E-state index contributed by atoms with van der Waals surface area (Å²) in [7, 11) is 2.19. The van der Waals surface area contributed by atoms with Crippen LogP contribution in [0.2, 0.25) is 0 Å². The predicted molar refractivity (Wildman–Crippen MR) is 108 cm³/mol. The Morgan fingerprint density at radius 3 is 2.85 bits per heavy atom. The minimum absolute atomic E-state index is 0.0905. The molecule has 1 fully saturated rings. The van der Waals surface area contributed by atoms with Crippen LogP contribution >= 0.6 is 0 Å². The van der Waals surface area contributed by atoms with Gasteiger partial charge in [-0.25, -0.2) is 4.98 Å². The van der Waals surface area contributed by atoms with Crippen LogP contribution in [0, 0.1) is 5.92 Å². The number of hydrogen-bond donors (Lipinski definition) is 3. The van der Waals surface area contributed by atoms with Gasteiger partial charge in [0.05, 0.1) is 5.69 Å². The molecular weight excluding hydrogens is 340 g/mol. The molecule has 0 aromatic carbocycles. The Kier molecular flexibility index (Phi) is 5.11. The van der Waals surface area contributed by atoms with Gasteiger partial charge in [-0.05, 0) is 56.6 Å².